The highest BCUT2D eigenvalue weighted by molar-refractivity contribution is 5.69. The van der Waals surface area contributed by atoms with Gasteiger partial charge in [0.25, 0.3) is 0 Å². The summed E-state index contributed by atoms with van der Waals surface area (Å²) in [7, 11) is 0. The molecule has 368 valence electrons. The molecule has 7 N–H and O–H groups in total. The Morgan fingerprint density at radius 2 is 0.855 bits per heavy atom. The fourth-order valence-corrected chi connectivity index (χ4v) is 8.23. The number of hydrogen-bond acceptors (Lipinski definition) is 14. The van der Waals surface area contributed by atoms with Crippen LogP contribution in [0.15, 0.2) is 0 Å². The third-order valence-corrected chi connectivity index (χ3v) is 12.4. The van der Waals surface area contributed by atoms with Crippen LogP contribution in [0.2, 0.25) is 0 Å². The molecule has 11 atom stereocenters. The van der Waals surface area contributed by atoms with Crippen LogP contribution in [-0.2, 0) is 33.2 Å². The van der Waals surface area contributed by atoms with Crippen molar-refractivity contribution in [3.63, 3.8) is 0 Å². The van der Waals surface area contributed by atoms with Crippen molar-refractivity contribution in [3.05, 3.63) is 0 Å². The van der Waals surface area contributed by atoms with Gasteiger partial charge < -0.3 is 64.2 Å². The van der Waals surface area contributed by atoms with Crippen LogP contribution in [-0.4, -0.2) is 142 Å². The zero-order valence-electron chi connectivity index (χ0n) is 38.9. The third kappa shape index (κ3) is 25.0. The van der Waals surface area contributed by atoms with Crippen LogP contribution in [0.4, 0.5) is 0 Å². The number of ether oxygens (including phenoxy) is 6. The van der Waals surface area contributed by atoms with Gasteiger partial charge in [0.05, 0.1) is 26.4 Å². The summed E-state index contributed by atoms with van der Waals surface area (Å²) >= 11 is 0. The lowest BCUT2D eigenvalue weighted by molar-refractivity contribution is -0.332. The second-order valence-electron chi connectivity index (χ2n) is 18.0. The fraction of sp³-hybridized carbons (Fsp3) is 0.979. The van der Waals surface area contributed by atoms with Crippen molar-refractivity contribution in [3.8, 4) is 0 Å². The van der Waals surface area contributed by atoms with Crippen LogP contribution in [0.5, 0.6) is 0 Å². The molecule has 2 rings (SSSR count). The van der Waals surface area contributed by atoms with E-state index in [0.29, 0.717) is 13.0 Å². The molecule has 0 aromatic rings. The number of rotatable bonds is 40. The molecule has 2 aliphatic heterocycles. The van der Waals surface area contributed by atoms with Gasteiger partial charge in [0.15, 0.2) is 12.6 Å². The van der Waals surface area contributed by atoms with Crippen molar-refractivity contribution < 1.29 is 69.0 Å². The predicted octanol–water partition coefficient (Wildman–Crippen LogP) is 6.91. The van der Waals surface area contributed by atoms with Gasteiger partial charge in [0.1, 0.15) is 54.9 Å². The van der Waals surface area contributed by atoms with Gasteiger partial charge in [-0.3, -0.25) is 4.79 Å². The van der Waals surface area contributed by atoms with Crippen molar-refractivity contribution in [1.29, 1.82) is 0 Å². The molecule has 0 saturated carbocycles. The molecule has 0 aromatic heterocycles. The summed E-state index contributed by atoms with van der Waals surface area (Å²) in [6.45, 7) is 3.66. The molecule has 0 aliphatic carbocycles. The van der Waals surface area contributed by atoms with Gasteiger partial charge in [-0.05, 0) is 12.8 Å². The number of esters is 1. The van der Waals surface area contributed by atoms with Gasteiger partial charge in [0, 0.05) is 13.0 Å². The lowest BCUT2D eigenvalue weighted by atomic mass is 9.98. The highest BCUT2D eigenvalue weighted by atomic mass is 16.7. The zero-order valence-corrected chi connectivity index (χ0v) is 38.9. The minimum atomic E-state index is -1.70. The first-order valence-electron chi connectivity index (χ1n) is 25.1. The highest BCUT2D eigenvalue weighted by Gasteiger charge is 2.47. The molecule has 14 heteroatoms. The van der Waals surface area contributed by atoms with Crippen molar-refractivity contribution in [2.24, 2.45) is 0 Å². The number of unbranched alkanes of at least 4 members (excludes halogenated alkanes) is 26. The Hall–Kier alpha value is -1.01. The molecule has 2 aliphatic rings. The van der Waals surface area contributed by atoms with Gasteiger partial charge in [-0.1, -0.05) is 181 Å². The van der Waals surface area contributed by atoms with Gasteiger partial charge in [0.2, 0.25) is 0 Å². The molecule has 0 aromatic carbocycles. The van der Waals surface area contributed by atoms with Crippen LogP contribution in [0.25, 0.3) is 0 Å². The van der Waals surface area contributed by atoms with Crippen LogP contribution < -0.4 is 0 Å². The van der Waals surface area contributed by atoms with E-state index >= 15 is 0 Å². The van der Waals surface area contributed by atoms with E-state index in [1.165, 1.54) is 135 Å². The molecule has 2 saturated heterocycles. The Balaban J connectivity index is 1.66. The fourth-order valence-electron chi connectivity index (χ4n) is 8.23. The van der Waals surface area contributed by atoms with Gasteiger partial charge in [-0.2, -0.15) is 0 Å². The first kappa shape index (κ1) is 57.1. The van der Waals surface area contributed by atoms with Gasteiger partial charge in [-0.15, -0.1) is 0 Å². The van der Waals surface area contributed by atoms with E-state index in [-0.39, 0.29) is 25.6 Å². The molecule has 0 amide bonds. The summed E-state index contributed by atoms with van der Waals surface area (Å²) < 4.78 is 34.1. The Labute approximate surface area is 374 Å². The normalized spacial score (nSPS) is 27.1. The largest absolute Gasteiger partial charge is 0.457 e. The predicted molar refractivity (Wildman–Crippen MR) is 238 cm³/mol. The summed E-state index contributed by atoms with van der Waals surface area (Å²) in [5.41, 5.74) is 0. The number of carbonyl (C=O) groups is 1. The van der Waals surface area contributed by atoms with Crippen molar-refractivity contribution in [2.45, 2.75) is 268 Å². The minimum Gasteiger partial charge on any atom is -0.457 e. The minimum absolute atomic E-state index is 0.0672. The highest BCUT2D eigenvalue weighted by Crippen LogP contribution is 2.26. The number of hydrogen-bond donors (Lipinski definition) is 7. The maximum atomic E-state index is 12.9. The van der Waals surface area contributed by atoms with Crippen molar-refractivity contribution in [1.82, 2.24) is 0 Å². The molecule has 0 bridgehead atoms. The van der Waals surface area contributed by atoms with E-state index in [1.807, 2.05) is 0 Å². The molecular weight excluding hydrogens is 801 g/mol. The Morgan fingerprint density at radius 1 is 0.468 bits per heavy atom. The van der Waals surface area contributed by atoms with E-state index < -0.39 is 80.7 Å². The smallest absolute Gasteiger partial charge is 0.306 e. The second-order valence-corrected chi connectivity index (χ2v) is 18.0. The van der Waals surface area contributed by atoms with E-state index in [2.05, 4.69) is 13.8 Å². The maximum absolute atomic E-state index is 12.9. The first-order chi connectivity index (χ1) is 30.1. The van der Waals surface area contributed by atoms with Crippen LogP contribution in [0.1, 0.15) is 200 Å². The quantitative estimate of drug-likeness (QED) is 0.0246. The lowest BCUT2D eigenvalue weighted by Gasteiger charge is -2.42. The summed E-state index contributed by atoms with van der Waals surface area (Å²) in [6, 6.07) is 0. The number of carbonyl (C=O) groups excluding carboxylic acids is 1. The summed E-state index contributed by atoms with van der Waals surface area (Å²) in [4.78, 5) is 12.9. The van der Waals surface area contributed by atoms with Crippen molar-refractivity contribution >= 4 is 5.97 Å². The van der Waals surface area contributed by atoms with Crippen molar-refractivity contribution in [2.75, 3.05) is 33.0 Å². The summed E-state index contributed by atoms with van der Waals surface area (Å²) in [6.07, 6.45) is 19.2. The third-order valence-electron chi connectivity index (χ3n) is 12.4. The lowest BCUT2D eigenvalue weighted by Crippen LogP contribution is -2.61. The molecule has 14 nitrogen and oxygen atoms in total. The van der Waals surface area contributed by atoms with Gasteiger partial charge >= 0.3 is 5.97 Å². The van der Waals surface area contributed by atoms with E-state index in [9.17, 15) is 40.5 Å². The average Bonchev–Trinajstić information content (AvgIpc) is 3.27. The standard InChI is InChI=1S/C48H92O14/c1-3-5-7-9-11-12-13-14-15-16-17-18-19-20-21-22-23-24-25-26-27-29-31-40(50)60-37(34-57-32-30-28-10-8-6-4-2)35-58-47-46(56)44(54)42(52)39(62-47)36-59-48-45(55)43(53)41(51)38(33-49)61-48/h37-39,41-49,51-56H,3-36H2,1-2H3. The second kappa shape index (κ2) is 37.1. The molecular formula is C48H92O14. The average molecular weight is 893 g/mol. The Kier molecular flexibility index (Phi) is 34.2. The van der Waals surface area contributed by atoms with Gasteiger partial charge in [-0.25, -0.2) is 0 Å². The Morgan fingerprint density at radius 3 is 1.31 bits per heavy atom. The topological polar surface area (TPSA) is 214 Å². The molecule has 62 heavy (non-hydrogen) atoms. The Bertz CT molecular complexity index is 1040. The van der Waals surface area contributed by atoms with Crippen LogP contribution >= 0.6 is 0 Å². The van der Waals surface area contributed by atoms with Crippen LogP contribution in [0.3, 0.4) is 0 Å². The number of aliphatic hydroxyl groups excluding tert-OH is 7. The number of aliphatic hydroxyl groups is 7. The van der Waals surface area contributed by atoms with E-state index in [4.69, 9.17) is 28.4 Å². The molecule has 11 unspecified atom stereocenters. The van der Waals surface area contributed by atoms with E-state index in [1.54, 1.807) is 0 Å². The molecule has 0 radical (unpaired) electrons. The van der Waals surface area contributed by atoms with Crippen LogP contribution in [0, 0.1) is 0 Å². The molecule has 2 fully saturated rings. The maximum Gasteiger partial charge on any atom is 0.306 e. The van der Waals surface area contributed by atoms with E-state index in [0.717, 1.165) is 38.5 Å². The molecule has 2 heterocycles. The molecule has 0 spiro atoms. The summed E-state index contributed by atoms with van der Waals surface area (Å²) in [5, 5.41) is 71.8. The zero-order chi connectivity index (χ0) is 45.2. The summed E-state index contributed by atoms with van der Waals surface area (Å²) in [5.74, 6) is -0.374. The SMILES string of the molecule is CCCCCCCCCCCCCCCCCCCCCCCCC(=O)OC(COCCCCCCCC)COC1OC(COC2OC(CO)C(O)C(O)C2O)C(O)C(O)C1O. The monoisotopic (exact) mass is 893 g/mol. The first-order valence-corrected chi connectivity index (χ1v) is 25.1.